The largest absolute Gasteiger partial charge is 0.489 e. The lowest BCUT2D eigenvalue weighted by Crippen LogP contribution is -2.25. The van der Waals surface area contributed by atoms with Gasteiger partial charge in [-0.3, -0.25) is 4.79 Å². The van der Waals surface area contributed by atoms with E-state index in [0.29, 0.717) is 41.9 Å². The van der Waals surface area contributed by atoms with Crippen LogP contribution in [-0.2, 0) is 11.4 Å². The van der Waals surface area contributed by atoms with Crippen molar-refractivity contribution in [2.24, 2.45) is 0 Å². The molecule has 0 spiro atoms. The molecule has 6 rings (SSSR count). The predicted molar refractivity (Wildman–Crippen MR) is 130 cm³/mol. The molecule has 2 aromatic carbocycles. The number of nitrogens with one attached hydrogen (secondary N) is 1. The number of ether oxygens (including phenoxy) is 1. The van der Waals surface area contributed by atoms with Crippen molar-refractivity contribution in [3.8, 4) is 11.6 Å². The maximum Gasteiger partial charge on any atom is 0.226 e. The van der Waals surface area contributed by atoms with Crippen molar-refractivity contribution in [3.05, 3.63) is 94.7 Å². The van der Waals surface area contributed by atoms with Crippen LogP contribution in [0.4, 0.5) is 10.2 Å². The molecule has 1 aliphatic heterocycles. The molecular formula is C26H22FN7O2. The van der Waals surface area contributed by atoms with E-state index >= 15 is 0 Å². The molecule has 0 aliphatic carbocycles. The Hall–Kier alpha value is -4.60. The van der Waals surface area contributed by atoms with Crippen molar-refractivity contribution in [1.82, 2.24) is 29.6 Å². The number of fused-ring (bicyclic) bond motifs is 2. The number of rotatable bonds is 5. The molecule has 5 aromatic rings. The number of aromatic nitrogens is 6. The Bertz CT molecular complexity index is 1590. The van der Waals surface area contributed by atoms with Crippen molar-refractivity contribution in [2.45, 2.75) is 32.8 Å². The molecule has 1 atom stereocenters. The normalized spacial score (nSPS) is 15.1. The summed E-state index contributed by atoms with van der Waals surface area (Å²) in [5.41, 5.74) is 4.27. The molecule has 1 aliphatic rings. The van der Waals surface area contributed by atoms with Crippen molar-refractivity contribution in [1.29, 1.82) is 0 Å². The molecule has 0 bridgehead atoms. The van der Waals surface area contributed by atoms with Crippen molar-refractivity contribution >= 4 is 17.4 Å². The Labute approximate surface area is 205 Å². The topological polar surface area (TPSA) is 99.2 Å². The minimum absolute atomic E-state index is 0.0909. The average molecular weight is 484 g/mol. The number of hydrogen-bond acceptors (Lipinski definition) is 6. The van der Waals surface area contributed by atoms with E-state index in [4.69, 9.17) is 9.84 Å². The van der Waals surface area contributed by atoms with E-state index < -0.39 is 0 Å². The minimum atomic E-state index is -0.275. The Kier molecular flexibility index (Phi) is 5.21. The number of benzene rings is 2. The molecule has 3 aromatic heterocycles. The number of halogens is 1. The van der Waals surface area contributed by atoms with E-state index in [9.17, 15) is 9.18 Å². The summed E-state index contributed by atoms with van der Waals surface area (Å²) in [5.74, 6) is 2.00. The van der Waals surface area contributed by atoms with Gasteiger partial charge in [0, 0.05) is 17.9 Å². The van der Waals surface area contributed by atoms with E-state index in [2.05, 4.69) is 20.6 Å². The SMILES string of the molecule is Cc1nn(-c2ccc3nnc(C)n3n2)c2c1[C@@H](c1ccc(OCc3ccc(F)cc3)cc1)CC(=O)N2. The van der Waals surface area contributed by atoms with E-state index in [1.54, 1.807) is 27.4 Å². The van der Waals surface area contributed by atoms with Crippen LogP contribution >= 0.6 is 0 Å². The molecule has 1 amide bonds. The van der Waals surface area contributed by atoms with Crippen LogP contribution in [0.5, 0.6) is 5.75 Å². The highest BCUT2D eigenvalue weighted by atomic mass is 19.1. The number of nitrogens with zero attached hydrogens (tertiary/aromatic N) is 6. The first-order chi connectivity index (χ1) is 17.5. The number of anilines is 1. The first-order valence-corrected chi connectivity index (χ1v) is 11.5. The van der Waals surface area contributed by atoms with Gasteiger partial charge >= 0.3 is 0 Å². The summed E-state index contributed by atoms with van der Waals surface area (Å²) in [4.78, 5) is 12.7. The molecule has 1 N–H and O–H groups in total. The Morgan fingerprint density at radius 1 is 1.00 bits per heavy atom. The third-order valence-corrected chi connectivity index (χ3v) is 6.33. The van der Waals surface area contributed by atoms with Gasteiger partial charge in [-0.1, -0.05) is 24.3 Å². The Morgan fingerprint density at radius 3 is 2.56 bits per heavy atom. The second-order valence-electron chi connectivity index (χ2n) is 8.76. The fourth-order valence-corrected chi connectivity index (χ4v) is 4.54. The summed E-state index contributed by atoms with van der Waals surface area (Å²) in [6.07, 6.45) is 0.312. The first kappa shape index (κ1) is 21.9. The summed E-state index contributed by atoms with van der Waals surface area (Å²) >= 11 is 0. The maximum absolute atomic E-state index is 13.1. The molecule has 180 valence electrons. The standard InChI is InChI=1S/C26H22FN7O2/c1-15-25-21(18-5-9-20(10-6-18)36-14-17-3-7-19(27)8-4-17)13-24(35)28-26(25)34(31-15)23-12-11-22-30-29-16(2)33(22)32-23/h3-12,21H,13-14H2,1-2H3,(H,28,35)/t21-/m1/s1. The van der Waals surface area contributed by atoms with Gasteiger partial charge in [-0.05, 0) is 61.4 Å². The monoisotopic (exact) mass is 483 g/mol. The van der Waals surface area contributed by atoms with Crippen LogP contribution in [0.25, 0.3) is 11.5 Å². The van der Waals surface area contributed by atoms with Crippen molar-refractivity contribution < 1.29 is 13.9 Å². The van der Waals surface area contributed by atoms with E-state index in [1.165, 1.54) is 12.1 Å². The highest BCUT2D eigenvalue weighted by molar-refractivity contribution is 5.95. The second-order valence-corrected chi connectivity index (χ2v) is 8.76. The predicted octanol–water partition coefficient (Wildman–Crippen LogP) is 4.12. The molecule has 0 saturated carbocycles. The third kappa shape index (κ3) is 3.86. The van der Waals surface area contributed by atoms with Gasteiger partial charge in [-0.15, -0.1) is 15.3 Å². The van der Waals surface area contributed by atoms with Crippen LogP contribution in [0.1, 0.15) is 40.5 Å². The van der Waals surface area contributed by atoms with Gasteiger partial charge in [-0.2, -0.15) is 14.3 Å². The zero-order valence-electron chi connectivity index (χ0n) is 19.6. The van der Waals surface area contributed by atoms with E-state index in [0.717, 1.165) is 22.4 Å². The highest BCUT2D eigenvalue weighted by Gasteiger charge is 2.33. The summed E-state index contributed by atoms with van der Waals surface area (Å²) < 4.78 is 22.3. The molecular weight excluding hydrogens is 461 g/mol. The van der Waals surface area contributed by atoms with E-state index in [-0.39, 0.29) is 17.6 Å². The van der Waals surface area contributed by atoms with Crippen LogP contribution in [0.15, 0.2) is 60.7 Å². The van der Waals surface area contributed by atoms with E-state index in [1.807, 2.05) is 44.2 Å². The van der Waals surface area contributed by atoms with Gasteiger partial charge in [0.15, 0.2) is 17.3 Å². The van der Waals surface area contributed by atoms with Gasteiger partial charge < -0.3 is 10.1 Å². The summed E-state index contributed by atoms with van der Waals surface area (Å²) in [6.45, 7) is 4.10. The Balaban J connectivity index is 1.30. The van der Waals surface area contributed by atoms with Gasteiger partial charge in [-0.25, -0.2) is 4.39 Å². The van der Waals surface area contributed by atoms with Crippen molar-refractivity contribution in [3.63, 3.8) is 0 Å². The maximum atomic E-state index is 13.1. The highest BCUT2D eigenvalue weighted by Crippen LogP contribution is 2.40. The van der Waals surface area contributed by atoms with Crippen LogP contribution in [0.2, 0.25) is 0 Å². The third-order valence-electron chi connectivity index (χ3n) is 6.33. The molecule has 0 radical (unpaired) electrons. The van der Waals surface area contributed by atoms with Gasteiger partial charge in [0.05, 0.1) is 5.69 Å². The second kappa shape index (κ2) is 8.56. The van der Waals surface area contributed by atoms with Crippen LogP contribution in [0.3, 0.4) is 0 Å². The van der Waals surface area contributed by atoms with Crippen LogP contribution < -0.4 is 10.1 Å². The molecule has 0 unspecified atom stereocenters. The summed E-state index contributed by atoms with van der Waals surface area (Å²) in [5, 5.41) is 20.4. The smallest absolute Gasteiger partial charge is 0.226 e. The molecule has 9 nitrogen and oxygen atoms in total. The molecule has 4 heterocycles. The number of carbonyl (C=O) groups excluding carboxylic acids is 1. The summed E-state index contributed by atoms with van der Waals surface area (Å²) in [6, 6.07) is 17.5. The molecule has 36 heavy (non-hydrogen) atoms. The number of amides is 1. The zero-order chi connectivity index (χ0) is 24.8. The number of carbonyl (C=O) groups is 1. The first-order valence-electron chi connectivity index (χ1n) is 11.5. The van der Waals surface area contributed by atoms with Gasteiger partial charge in [0.2, 0.25) is 5.91 Å². The fraction of sp³-hybridized carbons (Fsp3) is 0.192. The van der Waals surface area contributed by atoms with Crippen LogP contribution in [-0.4, -0.2) is 35.5 Å². The van der Waals surface area contributed by atoms with Crippen LogP contribution in [0, 0.1) is 19.7 Å². The Morgan fingerprint density at radius 2 is 1.78 bits per heavy atom. The number of hydrogen-bond donors (Lipinski definition) is 1. The summed E-state index contributed by atoms with van der Waals surface area (Å²) in [7, 11) is 0. The molecule has 0 saturated heterocycles. The lowest BCUT2D eigenvalue weighted by Gasteiger charge is -2.24. The lowest BCUT2D eigenvalue weighted by molar-refractivity contribution is -0.116. The quantitative estimate of drug-likeness (QED) is 0.404. The minimum Gasteiger partial charge on any atom is -0.489 e. The molecule has 10 heteroatoms. The average Bonchev–Trinajstić information content (AvgIpc) is 3.42. The molecule has 0 fully saturated rings. The number of aryl methyl sites for hydroxylation is 2. The lowest BCUT2D eigenvalue weighted by atomic mass is 9.86. The van der Waals surface area contributed by atoms with Gasteiger partial charge in [0.25, 0.3) is 0 Å². The van der Waals surface area contributed by atoms with Crippen molar-refractivity contribution in [2.75, 3.05) is 5.32 Å². The zero-order valence-corrected chi connectivity index (χ0v) is 19.6. The fourth-order valence-electron chi connectivity index (χ4n) is 4.54. The van der Waals surface area contributed by atoms with Gasteiger partial charge in [0.1, 0.15) is 24.0 Å².